The van der Waals surface area contributed by atoms with Gasteiger partial charge in [-0.1, -0.05) is 6.07 Å². The van der Waals surface area contributed by atoms with Gasteiger partial charge in [-0.05, 0) is 43.5 Å². The maximum atomic E-state index is 5.39. The van der Waals surface area contributed by atoms with Gasteiger partial charge in [-0.3, -0.25) is 0 Å². The first kappa shape index (κ1) is 14.0. The number of anilines is 1. The highest BCUT2D eigenvalue weighted by Gasteiger charge is 1.95. The summed E-state index contributed by atoms with van der Waals surface area (Å²) in [5.41, 5.74) is 3.78. The van der Waals surface area contributed by atoms with E-state index in [-0.39, 0.29) is 0 Å². The number of ether oxygens (including phenoxy) is 2. The van der Waals surface area contributed by atoms with E-state index in [9.17, 15) is 0 Å². The minimum Gasteiger partial charge on any atom is -0.385 e. The Balaban J connectivity index is 2.13. The monoisotopic (exact) mass is 237 g/mol. The van der Waals surface area contributed by atoms with Gasteiger partial charge in [0.25, 0.3) is 0 Å². The largest absolute Gasteiger partial charge is 0.385 e. The Hall–Kier alpha value is -1.06. The molecule has 1 aromatic carbocycles. The van der Waals surface area contributed by atoms with Crippen molar-refractivity contribution in [2.75, 3.05) is 38.8 Å². The highest BCUT2D eigenvalue weighted by atomic mass is 16.5. The quantitative estimate of drug-likeness (QED) is 0.705. The number of rotatable bonds is 8. The molecule has 1 N–H and O–H groups in total. The summed E-state index contributed by atoms with van der Waals surface area (Å²) in [5.74, 6) is 0. The molecule has 3 nitrogen and oxygen atoms in total. The lowest BCUT2D eigenvalue weighted by Crippen LogP contribution is -2.08. The van der Waals surface area contributed by atoms with Crippen molar-refractivity contribution in [1.82, 2.24) is 0 Å². The fraction of sp³-hybridized carbons (Fsp3) is 0.571. The van der Waals surface area contributed by atoms with Crippen LogP contribution in [0.25, 0.3) is 0 Å². The molecule has 1 rings (SSSR count). The van der Waals surface area contributed by atoms with Gasteiger partial charge in [-0.2, -0.15) is 0 Å². The van der Waals surface area contributed by atoms with Crippen LogP contribution in [0.15, 0.2) is 18.2 Å². The normalized spacial score (nSPS) is 10.5. The maximum Gasteiger partial charge on any atom is 0.0700 e. The molecule has 0 unspecified atom stereocenters. The fourth-order valence-corrected chi connectivity index (χ4v) is 1.73. The van der Waals surface area contributed by atoms with Crippen molar-refractivity contribution in [1.29, 1.82) is 0 Å². The van der Waals surface area contributed by atoms with Crippen LogP contribution in [0.1, 0.15) is 17.5 Å². The third-order valence-electron chi connectivity index (χ3n) is 2.45. The van der Waals surface area contributed by atoms with Gasteiger partial charge < -0.3 is 14.8 Å². The van der Waals surface area contributed by atoms with Crippen LogP contribution in [0.2, 0.25) is 0 Å². The second-order valence-corrected chi connectivity index (χ2v) is 4.26. The topological polar surface area (TPSA) is 30.5 Å². The van der Waals surface area contributed by atoms with Crippen LogP contribution in [0.4, 0.5) is 5.69 Å². The molecule has 17 heavy (non-hydrogen) atoms. The zero-order chi connectivity index (χ0) is 12.5. The van der Waals surface area contributed by atoms with E-state index in [2.05, 4.69) is 37.4 Å². The number of methoxy groups -OCH3 is 1. The second-order valence-electron chi connectivity index (χ2n) is 4.26. The summed E-state index contributed by atoms with van der Waals surface area (Å²) in [6.07, 6.45) is 1.01. The molecule has 0 amide bonds. The lowest BCUT2D eigenvalue weighted by atomic mass is 10.1. The predicted molar refractivity (Wildman–Crippen MR) is 71.7 cm³/mol. The Bertz CT molecular complexity index is 306. The van der Waals surface area contributed by atoms with Gasteiger partial charge in [0.1, 0.15) is 0 Å². The molecule has 96 valence electrons. The average molecular weight is 237 g/mol. The Labute approximate surface area is 104 Å². The van der Waals surface area contributed by atoms with Crippen molar-refractivity contribution in [2.24, 2.45) is 0 Å². The standard InChI is InChI=1S/C14H23NO2/c1-12-9-13(2)11-14(10-12)15-5-4-6-17-8-7-16-3/h9-11,15H,4-8H2,1-3H3. The first-order valence-electron chi connectivity index (χ1n) is 6.11. The van der Waals surface area contributed by atoms with Gasteiger partial charge in [0.15, 0.2) is 0 Å². The summed E-state index contributed by atoms with van der Waals surface area (Å²) < 4.78 is 10.3. The number of nitrogens with one attached hydrogen (secondary N) is 1. The number of hydrogen-bond donors (Lipinski definition) is 1. The van der Waals surface area contributed by atoms with Crippen LogP contribution in [-0.4, -0.2) is 33.5 Å². The molecule has 1 aromatic rings. The van der Waals surface area contributed by atoms with Crippen LogP contribution >= 0.6 is 0 Å². The van der Waals surface area contributed by atoms with Crippen molar-refractivity contribution >= 4 is 5.69 Å². The van der Waals surface area contributed by atoms with Crippen molar-refractivity contribution in [3.05, 3.63) is 29.3 Å². The van der Waals surface area contributed by atoms with E-state index in [4.69, 9.17) is 9.47 Å². The first-order valence-corrected chi connectivity index (χ1v) is 6.11. The molecule has 0 atom stereocenters. The lowest BCUT2D eigenvalue weighted by Gasteiger charge is -2.09. The molecular formula is C14H23NO2. The molecule has 0 spiro atoms. The lowest BCUT2D eigenvalue weighted by molar-refractivity contribution is 0.0705. The van der Waals surface area contributed by atoms with Crippen LogP contribution in [0.3, 0.4) is 0 Å². The minimum absolute atomic E-state index is 0.671. The van der Waals surface area contributed by atoms with Crippen molar-refractivity contribution in [2.45, 2.75) is 20.3 Å². The van der Waals surface area contributed by atoms with E-state index >= 15 is 0 Å². The molecule has 0 saturated heterocycles. The zero-order valence-corrected chi connectivity index (χ0v) is 11.1. The van der Waals surface area contributed by atoms with Gasteiger partial charge in [0, 0.05) is 25.9 Å². The van der Waals surface area contributed by atoms with Gasteiger partial charge in [0.2, 0.25) is 0 Å². The number of hydrogen-bond acceptors (Lipinski definition) is 3. The maximum absolute atomic E-state index is 5.39. The third kappa shape index (κ3) is 6.29. The summed E-state index contributed by atoms with van der Waals surface area (Å²) >= 11 is 0. The highest BCUT2D eigenvalue weighted by Crippen LogP contribution is 2.13. The molecule has 0 fully saturated rings. The second kappa shape index (κ2) is 8.09. The van der Waals surface area contributed by atoms with Crippen molar-refractivity contribution < 1.29 is 9.47 Å². The van der Waals surface area contributed by atoms with Crippen molar-refractivity contribution in [3.63, 3.8) is 0 Å². The minimum atomic E-state index is 0.671. The summed E-state index contributed by atoms with van der Waals surface area (Å²) in [6.45, 7) is 7.31. The van der Waals surface area contributed by atoms with E-state index in [1.54, 1.807) is 7.11 Å². The Kier molecular flexibility index (Phi) is 6.67. The van der Waals surface area contributed by atoms with Gasteiger partial charge >= 0.3 is 0 Å². The summed E-state index contributed by atoms with van der Waals surface area (Å²) in [4.78, 5) is 0. The van der Waals surface area contributed by atoms with Crippen LogP contribution < -0.4 is 5.32 Å². The fourth-order valence-electron chi connectivity index (χ4n) is 1.73. The summed E-state index contributed by atoms with van der Waals surface area (Å²) in [6, 6.07) is 6.51. The molecule has 0 aliphatic heterocycles. The Morgan fingerprint density at radius 1 is 1.00 bits per heavy atom. The average Bonchev–Trinajstić information content (AvgIpc) is 2.26. The predicted octanol–water partition coefficient (Wildman–Crippen LogP) is 2.77. The van der Waals surface area contributed by atoms with E-state index in [0.29, 0.717) is 13.2 Å². The number of benzene rings is 1. The molecule has 0 saturated carbocycles. The summed E-state index contributed by atoms with van der Waals surface area (Å²) in [7, 11) is 1.69. The van der Waals surface area contributed by atoms with Crippen LogP contribution in [0.5, 0.6) is 0 Å². The summed E-state index contributed by atoms with van der Waals surface area (Å²) in [5, 5.41) is 3.41. The molecule has 0 bridgehead atoms. The van der Waals surface area contributed by atoms with Gasteiger partial charge in [0.05, 0.1) is 13.2 Å². The smallest absolute Gasteiger partial charge is 0.0700 e. The molecular weight excluding hydrogens is 214 g/mol. The SMILES string of the molecule is COCCOCCCNc1cc(C)cc(C)c1. The van der Waals surface area contributed by atoms with Crippen molar-refractivity contribution in [3.8, 4) is 0 Å². The zero-order valence-electron chi connectivity index (χ0n) is 11.1. The molecule has 3 heteroatoms. The van der Waals surface area contributed by atoms with Crippen LogP contribution in [-0.2, 0) is 9.47 Å². The Morgan fingerprint density at radius 2 is 1.71 bits per heavy atom. The van der Waals surface area contributed by atoms with E-state index in [0.717, 1.165) is 19.6 Å². The van der Waals surface area contributed by atoms with Gasteiger partial charge in [-0.25, -0.2) is 0 Å². The van der Waals surface area contributed by atoms with E-state index < -0.39 is 0 Å². The number of aryl methyl sites for hydroxylation is 2. The highest BCUT2D eigenvalue weighted by molar-refractivity contribution is 5.48. The molecule has 0 aliphatic rings. The van der Waals surface area contributed by atoms with E-state index in [1.807, 2.05) is 0 Å². The molecule has 0 aromatic heterocycles. The molecule has 0 aliphatic carbocycles. The molecule has 0 heterocycles. The van der Waals surface area contributed by atoms with E-state index in [1.165, 1.54) is 16.8 Å². The van der Waals surface area contributed by atoms with Gasteiger partial charge in [-0.15, -0.1) is 0 Å². The third-order valence-corrected chi connectivity index (χ3v) is 2.45. The van der Waals surface area contributed by atoms with Crippen LogP contribution in [0, 0.1) is 13.8 Å². The first-order chi connectivity index (χ1) is 8.22. The Morgan fingerprint density at radius 3 is 2.35 bits per heavy atom. The molecule has 0 radical (unpaired) electrons.